The first-order valence-electron chi connectivity index (χ1n) is 4.48. The van der Waals surface area contributed by atoms with Crippen LogP contribution in [-0.2, 0) is 0 Å². The minimum absolute atomic E-state index is 0.250. The molecule has 0 aromatic heterocycles. The van der Waals surface area contributed by atoms with E-state index in [1.807, 2.05) is 13.8 Å². The van der Waals surface area contributed by atoms with Crippen LogP contribution in [0.15, 0.2) is 18.2 Å². The number of ether oxygens (including phenoxy) is 1. The maximum atomic E-state index is 13.2. The molecule has 14 heavy (non-hydrogen) atoms. The lowest BCUT2D eigenvalue weighted by atomic mass is 10.1. The van der Waals surface area contributed by atoms with Crippen LogP contribution in [0.2, 0.25) is 0 Å². The Hall–Kier alpha value is -1.49. The largest absolute Gasteiger partial charge is 0.494 e. The third-order valence-corrected chi connectivity index (χ3v) is 1.66. The lowest BCUT2D eigenvalue weighted by molar-refractivity contribution is 0.386. The zero-order valence-corrected chi connectivity index (χ0v) is 8.60. The zero-order valence-electron chi connectivity index (χ0n) is 8.60. The summed E-state index contributed by atoms with van der Waals surface area (Å²) < 4.78 is 18.0. The molecule has 0 aliphatic heterocycles. The Morgan fingerprint density at radius 1 is 1.36 bits per heavy atom. The van der Waals surface area contributed by atoms with Gasteiger partial charge < -0.3 is 4.74 Å². The molecule has 0 amide bonds. The van der Waals surface area contributed by atoms with Gasteiger partial charge in [-0.3, -0.25) is 0 Å². The Labute approximate surface area is 83.9 Å². The van der Waals surface area contributed by atoms with Crippen LogP contribution in [0.4, 0.5) is 4.39 Å². The molecule has 0 unspecified atom stereocenters. The maximum absolute atomic E-state index is 13.2. The highest BCUT2D eigenvalue weighted by Crippen LogP contribution is 2.16. The van der Waals surface area contributed by atoms with Gasteiger partial charge in [-0.05, 0) is 18.2 Å². The van der Waals surface area contributed by atoms with Crippen molar-refractivity contribution in [3.05, 3.63) is 29.6 Å². The van der Waals surface area contributed by atoms with Crippen LogP contribution in [-0.4, -0.2) is 7.11 Å². The van der Waals surface area contributed by atoms with E-state index in [2.05, 4.69) is 11.8 Å². The molecular weight excluding hydrogens is 179 g/mol. The van der Waals surface area contributed by atoms with Crippen LogP contribution in [0.25, 0.3) is 0 Å². The van der Waals surface area contributed by atoms with Gasteiger partial charge in [-0.15, -0.1) is 0 Å². The van der Waals surface area contributed by atoms with Crippen LogP contribution >= 0.6 is 0 Å². The summed E-state index contributed by atoms with van der Waals surface area (Å²) in [6, 6.07) is 4.71. The molecule has 0 spiro atoms. The summed E-state index contributed by atoms with van der Waals surface area (Å²) in [6.07, 6.45) is 0. The summed E-state index contributed by atoms with van der Waals surface area (Å²) in [5.41, 5.74) is 0.678. The molecule has 1 aromatic rings. The second-order valence-electron chi connectivity index (χ2n) is 3.27. The average molecular weight is 192 g/mol. The van der Waals surface area contributed by atoms with Gasteiger partial charge in [0.1, 0.15) is 0 Å². The smallest absolute Gasteiger partial charge is 0.166 e. The molecule has 1 rings (SSSR count). The molecule has 1 nitrogen and oxygen atoms in total. The summed E-state index contributed by atoms with van der Waals surface area (Å²) in [5.74, 6) is 6.03. The van der Waals surface area contributed by atoms with Gasteiger partial charge in [-0.25, -0.2) is 4.39 Å². The standard InChI is InChI=1S/C12H13FO/c1-9(2)4-5-10-6-7-12(14-3)11(13)8-10/h6-9H,1-3H3. The fourth-order valence-corrected chi connectivity index (χ4v) is 0.972. The minimum Gasteiger partial charge on any atom is -0.494 e. The van der Waals surface area contributed by atoms with Crippen LogP contribution in [0.3, 0.4) is 0 Å². The second-order valence-corrected chi connectivity index (χ2v) is 3.27. The van der Waals surface area contributed by atoms with E-state index in [4.69, 9.17) is 4.74 Å². The van der Waals surface area contributed by atoms with Crippen LogP contribution < -0.4 is 4.74 Å². The van der Waals surface area contributed by atoms with Crippen molar-refractivity contribution in [2.24, 2.45) is 5.92 Å². The normalized spacial score (nSPS) is 9.50. The Kier molecular flexibility index (Phi) is 3.53. The molecule has 0 aliphatic carbocycles. The average Bonchev–Trinajstić information content (AvgIpc) is 2.15. The van der Waals surface area contributed by atoms with Crippen molar-refractivity contribution in [1.82, 2.24) is 0 Å². The Morgan fingerprint density at radius 2 is 2.07 bits per heavy atom. The molecule has 1 aromatic carbocycles. The highest BCUT2D eigenvalue weighted by molar-refractivity contribution is 5.39. The fourth-order valence-electron chi connectivity index (χ4n) is 0.972. The van der Waals surface area contributed by atoms with Gasteiger partial charge in [-0.1, -0.05) is 25.7 Å². The molecule has 0 N–H and O–H groups in total. The fraction of sp³-hybridized carbons (Fsp3) is 0.333. The summed E-state index contributed by atoms with van der Waals surface area (Å²) >= 11 is 0. The van der Waals surface area contributed by atoms with Crippen molar-refractivity contribution in [1.29, 1.82) is 0 Å². The van der Waals surface area contributed by atoms with Crippen molar-refractivity contribution in [3.63, 3.8) is 0 Å². The molecule has 0 saturated carbocycles. The van der Waals surface area contributed by atoms with Gasteiger partial charge in [0.2, 0.25) is 0 Å². The lowest BCUT2D eigenvalue weighted by Gasteiger charge is -2.00. The minimum atomic E-state index is -0.372. The number of methoxy groups -OCH3 is 1. The van der Waals surface area contributed by atoms with Crippen LogP contribution in [0, 0.1) is 23.6 Å². The molecule has 0 saturated heterocycles. The molecule has 0 fully saturated rings. The van der Waals surface area contributed by atoms with E-state index < -0.39 is 0 Å². The van der Waals surface area contributed by atoms with E-state index in [0.29, 0.717) is 11.5 Å². The van der Waals surface area contributed by atoms with Gasteiger partial charge >= 0.3 is 0 Å². The third-order valence-electron chi connectivity index (χ3n) is 1.66. The summed E-state index contributed by atoms with van der Waals surface area (Å²) in [4.78, 5) is 0. The summed E-state index contributed by atoms with van der Waals surface area (Å²) in [6.45, 7) is 3.99. The molecular formula is C12H13FO. The molecule has 0 atom stereocenters. The van der Waals surface area contributed by atoms with Gasteiger partial charge in [0.25, 0.3) is 0 Å². The quantitative estimate of drug-likeness (QED) is 0.622. The zero-order chi connectivity index (χ0) is 10.6. The van der Waals surface area contributed by atoms with Crippen molar-refractivity contribution < 1.29 is 9.13 Å². The van der Waals surface area contributed by atoms with Gasteiger partial charge in [0.15, 0.2) is 11.6 Å². The third kappa shape index (κ3) is 2.77. The number of rotatable bonds is 1. The summed E-state index contributed by atoms with van der Waals surface area (Å²) in [5, 5.41) is 0. The van der Waals surface area contributed by atoms with E-state index in [-0.39, 0.29) is 11.6 Å². The van der Waals surface area contributed by atoms with Crippen molar-refractivity contribution in [2.45, 2.75) is 13.8 Å². The van der Waals surface area contributed by atoms with Crippen molar-refractivity contribution in [2.75, 3.05) is 7.11 Å². The van der Waals surface area contributed by atoms with Gasteiger partial charge in [0.05, 0.1) is 7.11 Å². The number of halogens is 1. The molecule has 74 valence electrons. The SMILES string of the molecule is COc1ccc(C#CC(C)C)cc1F. The summed E-state index contributed by atoms with van der Waals surface area (Å²) in [7, 11) is 1.44. The second kappa shape index (κ2) is 4.66. The van der Waals surface area contributed by atoms with E-state index in [1.165, 1.54) is 13.2 Å². The van der Waals surface area contributed by atoms with Gasteiger partial charge in [-0.2, -0.15) is 0 Å². The molecule has 0 radical (unpaired) electrons. The number of benzene rings is 1. The van der Waals surface area contributed by atoms with E-state index in [1.54, 1.807) is 12.1 Å². The lowest BCUT2D eigenvalue weighted by Crippen LogP contribution is -1.88. The van der Waals surface area contributed by atoms with Crippen LogP contribution in [0.1, 0.15) is 19.4 Å². The highest BCUT2D eigenvalue weighted by Gasteiger charge is 2.01. The van der Waals surface area contributed by atoms with E-state index in [9.17, 15) is 4.39 Å². The first-order valence-corrected chi connectivity index (χ1v) is 4.48. The first kappa shape index (κ1) is 10.6. The predicted molar refractivity (Wildman–Crippen MR) is 54.7 cm³/mol. The van der Waals surface area contributed by atoms with Crippen molar-refractivity contribution in [3.8, 4) is 17.6 Å². The Balaban J connectivity index is 2.94. The first-order chi connectivity index (χ1) is 6.63. The Bertz CT molecular complexity index is 372. The van der Waals surface area contributed by atoms with Crippen LogP contribution in [0.5, 0.6) is 5.75 Å². The molecule has 0 aliphatic rings. The maximum Gasteiger partial charge on any atom is 0.166 e. The number of hydrogen-bond donors (Lipinski definition) is 0. The topological polar surface area (TPSA) is 9.23 Å². The molecule has 0 heterocycles. The monoisotopic (exact) mass is 192 g/mol. The predicted octanol–water partition coefficient (Wildman–Crippen LogP) is 2.84. The van der Waals surface area contributed by atoms with Crippen molar-refractivity contribution >= 4 is 0 Å². The Morgan fingerprint density at radius 3 is 2.57 bits per heavy atom. The molecule has 0 bridgehead atoms. The number of hydrogen-bond acceptors (Lipinski definition) is 1. The van der Waals surface area contributed by atoms with E-state index in [0.717, 1.165) is 0 Å². The van der Waals surface area contributed by atoms with E-state index >= 15 is 0 Å². The molecule has 2 heteroatoms. The van der Waals surface area contributed by atoms with Gasteiger partial charge in [0, 0.05) is 11.5 Å². The highest BCUT2D eigenvalue weighted by atomic mass is 19.1.